The minimum absolute atomic E-state index is 0.0898. The van der Waals surface area contributed by atoms with E-state index in [1.807, 2.05) is 0 Å². The van der Waals surface area contributed by atoms with Crippen LogP contribution in [0.2, 0.25) is 0 Å². The fraction of sp³-hybridized carbons (Fsp3) is 0.222. The van der Waals surface area contributed by atoms with Crippen LogP contribution < -0.4 is 16.5 Å². The van der Waals surface area contributed by atoms with Crippen molar-refractivity contribution >= 4 is 28.5 Å². The maximum Gasteiger partial charge on any atom is 0.250 e. The summed E-state index contributed by atoms with van der Waals surface area (Å²) in [4.78, 5) is 11.1. The lowest BCUT2D eigenvalue weighted by molar-refractivity contribution is -0.111. The Morgan fingerprint density at radius 2 is 2.24 bits per heavy atom. The number of rotatable bonds is 4. The number of nitrogen functional groups attached to an aromatic ring is 1. The van der Waals surface area contributed by atoms with E-state index in [0.717, 1.165) is 10.8 Å². The highest BCUT2D eigenvalue weighted by Gasteiger charge is 2.15. The maximum atomic E-state index is 11.1. The Labute approximate surface area is 103 Å². The van der Waals surface area contributed by atoms with Gasteiger partial charge in [-0.1, -0.05) is 18.2 Å². The third-order valence-electron chi connectivity index (χ3n) is 2.02. The van der Waals surface area contributed by atoms with Crippen molar-refractivity contribution in [3.63, 3.8) is 0 Å². The molecule has 1 aromatic heterocycles. The van der Waals surface area contributed by atoms with E-state index in [1.54, 1.807) is 14.0 Å². The Morgan fingerprint density at radius 1 is 1.59 bits per heavy atom. The van der Waals surface area contributed by atoms with Crippen LogP contribution in [0.5, 0.6) is 0 Å². The molecule has 7 nitrogen and oxygen atoms in total. The summed E-state index contributed by atoms with van der Waals surface area (Å²) >= 11 is 6.03. The summed E-state index contributed by atoms with van der Waals surface area (Å²) < 4.78 is 1.09. The highest BCUT2D eigenvalue weighted by molar-refractivity contribution is 6.48. The van der Waals surface area contributed by atoms with Crippen molar-refractivity contribution in [3.05, 3.63) is 24.2 Å². The van der Waals surface area contributed by atoms with Crippen molar-refractivity contribution in [3.8, 4) is 0 Å². The summed E-state index contributed by atoms with van der Waals surface area (Å²) in [7, 11) is 1.72. The van der Waals surface area contributed by atoms with Crippen molar-refractivity contribution in [1.29, 1.82) is 0 Å². The van der Waals surface area contributed by atoms with Gasteiger partial charge in [0, 0.05) is 12.7 Å². The maximum absolute atomic E-state index is 11.1. The van der Waals surface area contributed by atoms with Crippen molar-refractivity contribution in [2.75, 3.05) is 18.2 Å². The van der Waals surface area contributed by atoms with Crippen LogP contribution >= 0.6 is 11.6 Å². The van der Waals surface area contributed by atoms with Crippen LogP contribution in [0.1, 0.15) is 12.7 Å². The highest BCUT2D eigenvalue weighted by atomic mass is 35.5. The predicted octanol–water partition coefficient (Wildman–Crippen LogP) is 0.263. The summed E-state index contributed by atoms with van der Waals surface area (Å²) in [5, 5.41) is 13.1. The number of carbonyl (C=O) groups is 1. The van der Waals surface area contributed by atoms with Gasteiger partial charge in [-0.05, 0) is 13.0 Å². The molecule has 4 N–H and O–H groups in total. The van der Waals surface area contributed by atoms with E-state index in [1.165, 1.54) is 0 Å². The lowest BCUT2D eigenvalue weighted by atomic mass is 10.4. The Balaban J connectivity index is 3.07. The summed E-state index contributed by atoms with van der Waals surface area (Å²) in [5.74, 6) is 5.60. The zero-order chi connectivity index (χ0) is 13.0. The number of nitrogens with zero attached hydrogens (tertiary/aromatic N) is 3. The summed E-state index contributed by atoms with van der Waals surface area (Å²) in [6.07, 6.45) is 1.10. The molecular weight excluding hydrogens is 244 g/mol. The molecule has 0 unspecified atom stereocenters. The molecule has 0 saturated heterocycles. The normalized spacial score (nSPS) is 11.7. The Hall–Kier alpha value is -2.02. The summed E-state index contributed by atoms with van der Waals surface area (Å²) in [6.45, 7) is 5.08. The Bertz CT molecular complexity index is 478. The molecule has 0 aliphatic carbocycles. The van der Waals surface area contributed by atoms with E-state index in [-0.39, 0.29) is 11.8 Å². The summed E-state index contributed by atoms with van der Waals surface area (Å²) in [6, 6.07) is 0. The molecule has 0 radical (unpaired) electrons. The molecule has 0 bridgehead atoms. The van der Waals surface area contributed by atoms with Crippen LogP contribution in [0.15, 0.2) is 18.4 Å². The van der Waals surface area contributed by atoms with E-state index in [2.05, 4.69) is 27.4 Å². The van der Waals surface area contributed by atoms with Gasteiger partial charge in [-0.3, -0.25) is 10.1 Å². The first-order valence-corrected chi connectivity index (χ1v) is 5.07. The van der Waals surface area contributed by atoms with Gasteiger partial charge in [-0.2, -0.15) is 0 Å². The number of amides is 1. The fourth-order valence-electron chi connectivity index (χ4n) is 0.965. The molecule has 0 spiro atoms. The number of carbonyl (C=O) groups excluding carboxylic acids is 1. The third kappa shape index (κ3) is 2.76. The molecular formula is C9H13ClN6O. The molecule has 1 heterocycles. The number of nitrogens with two attached hydrogens (primary N) is 1. The molecule has 1 amide bonds. The van der Waals surface area contributed by atoms with Crippen LogP contribution in [0.3, 0.4) is 0 Å². The number of aromatic nitrogens is 3. The first-order valence-electron chi connectivity index (χ1n) is 4.69. The standard InChI is InChI=1S/C9H13ClN6O/c1-4-6(17)13-9-15-14-8(16(9)11)7(10)5(2)12-3/h4,12H,1,11H2,2-3H3,(H,13,15,17). The Kier molecular flexibility index (Phi) is 4.11. The van der Waals surface area contributed by atoms with Gasteiger partial charge in [0.2, 0.25) is 5.91 Å². The van der Waals surface area contributed by atoms with Crippen molar-refractivity contribution in [1.82, 2.24) is 20.2 Å². The van der Waals surface area contributed by atoms with Crippen molar-refractivity contribution in [2.45, 2.75) is 6.92 Å². The van der Waals surface area contributed by atoms with Gasteiger partial charge >= 0.3 is 0 Å². The smallest absolute Gasteiger partial charge is 0.250 e. The lowest BCUT2D eigenvalue weighted by Gasteiger charge is -2.05. The monoisotopic (exact) mass is 256 g/mol. The van der Waals surface area contributed by atoms with Crippen LogP contribution in [-0.4, -0.2) is 27.8 Å². The van der Waals surface area contributed by atoms with Gasteiger partial charge in [0.1, 0.15) is 5.03 Å². The van der Waals surface area contributed by atoms with E-state index in [4.69, 9.17) is 17.4 Å². The quantitative estimate of drug-likeness (QED) is 0.530. The number of nitrogens with one attached hydrogen (secondary N) is 2. The number of halogens is 1. The van der Waals surface area contributed by atoms with Crippen LogP contribution in [0, 0.1) is 0 Å². The molecule has 17 heavy (non-hydrogen) atoms. The topological polar surface area (TPSA) is 97.9 Å². The average molecular weight is 257 g/mol. The molecule has 0 saturated carbocycles. The number of allylic oxidation sites excluding steroid dienone is 1. The van der Waals surface area contributed by atoms with E-state index < -0.39 is 5.91 Å². The molecule has 1 rings (SSSR count). The molecule has 1 aromatic rings. The SMILES string of the molecule is C=CC(=O)Nc1nnc(C(Cl)=C(C)NC)n1N. The number of hydrogen-bond donors (Lipinski definition) is 3. The zero-order valence-corrected chi connectivity index (χ0v) is 10.2. The zero-order valence-electron chi connectivity index (χ0n) is 9.49. The molecule has 0 aromatic carbocycles. The third-order valence-corrected chi connectivity index (χ3v) is 2.47. The first kappa shape index (κ1) is 13.0. The van der Waals surface area contributed by atoms with Crippen molar-refractivity contribution < 1.29 is 4.79 Å². The van der Waals surface area contributed by atoms with E-state index in [9.17, 15) is 4.79 Å². The summed E-state index contributed by atoms with van der Waals surface area (Å²) in [5.41, 5.74) is 0.687. The van der Waals surface area contributed by atoms with Crippen LogP contribution in [0.4, 0.5) is 5.95 Å². The van der Waals surface area contributed by atoms with Gasteiger partial charge in [0.25, 0.3) is 5.95 Å². The number of anilines is 1. The highest BCUT2D eigenvalue weighted by Crippen LogP contribution is 2.20. The minimum Gasteiger partial charge on any atom is -0.390 e. The van der Waals surface area contributed by atoms with E-state index in [0.29, 0.717) is 10.7 Å². The van der Waals surface area contributed by atoms with Crippen LogP contribution in [-0.2, 0) is 4.79 Å². The first-order chi connectivity index (χ1) is 8.01. The van der Waals surface area contributed by atoms with Crippen molar-refractivity contribution in [2.24, 2.45) is 0 Å². The van der Waals surface area contributed by atoms with Gasteiger partial charge < -0.3 is 11.2 Å². The minimum atomic E-state index is -0.430. The van der Waals surface area contributed by atoms with Gasteiger partial charge in [0.15, 0.2) is 5.82 Å². The van der Waals surface area contributed by atoms with Gasteiger partial charge in [-0.15, -0.1) is 10.2 Å². The van der Waals surface area contributed by atoms with Gasteiger partial charge in [-0.25, -0.2) is 4.68 Å². The second-order valence-electron chi connectivity index (χ2n) is 3.10. The molecule has 92 valence electrons. The molecule has 0 aliphatic rings. The largest absolute Gasteiger partial charge is 0.390 e. The lowest BCUT2D eigenvalue weighted by Crippen LogP contribution is -2.19. The number of hydrogen-bond acceptors (Lipinski definition) is 5. The molecule has 0 fully saturated rings. The molecule has 0 aliphatic heterocycles. The van der Waals surface area contributed by atoms with E-state index >= 15 is 0 Å². The molecule has 0 atom stereocenters. The second-order valence-corrected chi connectivity index (χ2v) is 3.48. The van der Waals surface area contributed by atoms with Crippen LogP contribution in [0.25, 0.3) is 5.03 Å². The Morgan fingerprint density at radius 3 is 2.76 bits per heavy atom. The predicted molar refractivity (Wildman–Crippen MR) is 66.5 cm³/mol. The molecule has 8 heteroatoms. The second kappa shape index (κ2) is 5.35. The van der Waals surface area contributed by atoms with Gasteiger partial charge in [0.05, 0.1) is 0 Å². The average Bonchev–Trinajstić information content (AvgIpc) is 2.69. The fourth-order valence-corrected chi connectivity index (χ4v) is 1.19.